The Morgan fingerprint density at radius 3 is 2.45 bits per heavy atom. The number of carbonyl (C=O) groups excluding carboxylic acids is 2. The number of ketones is 1. The number of rotatable bonds is 6. The molecule has 0 bridgehead atoms. The lowest BCUT2D eigenvalue weighted by molar-refractivity contribution is -0.378. The number of hydrogen-bond acceptors (Lipinski definition) is 5. The van der Waals surface area contributed by atoms with Gasteiger partial charge in [-0.25, -0.2) is 4.98 Å². The molecule has 2 heterocycles. The molecule has 1 atom stereocenters. The number of likely N-dealkylation sites (tertiary alicyclic amines) is 1. The zero-order valence-corrected chi connectivity index (χ0v) is 18.6. The van der Waals surface area contributed by atoms with Crippen LogP contribution in [-0.2, 0) is 16.1 Å². The summed E-state index contributed by atoms with van der Waals surface area (Å²) in [6.07, 6.45) is 3.50. The number of Topliss-reactive ketones (excluding diaryl/α,β-unsaturated/α-hetero) is 1. The van der Waals surface area contributed by atoms with Gasteiger partial charge in [-0.15, -0.1) is 0 Å². The normalized spacial score (nSPS) is 17.3. The molecule has 1 aromatic heterocycles. The third-order valence-corrected chi connectivity index (χ3v) is 5.70. The molecule has 0 aliphatic carbocycles. The first-order valence-electron chi connectivity index (χ1n) is 10.4. The number of benzene rings is 2. The largest absolute Gasteiger partial charge is 0.872 e. The average molecular weight is 444 g/mol. The third kappa shape index (κ3) is 4.17. The minimum absolute atomic E-state index is 0.0905. The van der Waals surface area contributed by atoms with Crippen LogP contribution in [0.15, 0.2) is 72.6 Å². The van der Waals surface area contributed by atoms with Crippen molar-refractivity contribution >= 4 is 17.4 Å². The van der Waals surface area contributed by atoms with E-state index in [0.717, 1.165) is 11.1 Å². The lowest BCUT2D eigenvalue weighted by Crippen LogP contribution is -2.29. The summed E-state index contributed by atoms with van der Waals surface area (Å²) in [5.41, 5.74) is 2.57. The number of amides is 1. The number of aromatic amines is 1. The van der Waals surface area contributed by atoms with E-state index in [9.17, 15) is 14.7 Å². The highest BCUT2D eigenvalue weighted by atomic mass is 16.5. The number of H-pyrrole nitrogens is 1. The molecular formula is C26H24N2O5. The molecule has 1 aliphatic rings. The Morgan fingerprint density at radius 2 is 1.82 bits per heavy atom. The van der Waals surface area contributed by atoms with Crippen molar-refractivity contribution < 1.29 is 29.2 Å². The molecule has 1 saturated heterocycles. The summed E-state index contributed by atoms with van der Waals surface area (Å²) in [7, 11) is 3.03. The Morgan fingerprint density at radius 1 is 1.06 bits per heavy atom. The number of ether oxygens (including phenoxy) is 2. The van der Waals surface area contributed by atoms with E-state index in [4.69, 9.17) is 9.47 Å². The third-order valence-electron chi connectivity index (χ3n) is 5.70. The van der Waals surface area contributed by atoms with Crippen molar-refractivity contribution in [1.82, 2.24) is 4.90 Å². The standard InChI is InChI=1S/C26H24N2O5/c1-16-6-8-18(9-7-16)24(29)22-23(20-11-10-19(32-2)13-21(20)33-3)28(26(31)25(22)30)15-17-5-4-12-27-14-17/h4-14,23,29H,15H2,1-3H3/b24-22+. The predicted molar refractivity (Wildman–Crippen MR) is 119 cm³/mol. The van der Waals surface area contributed by atoms with Gasteiger partial charge in [0.1, 0.15) is 11.5 Å². The van der Waals surface area contributed by atoms with Crippen LogP contribution in [0.3, 0.4) is 0 Å². The van der Waals surface area contributed by atoms with Crippen LogP contribution in [0.25, 0.3) is 5.76 Å². The molecule has 7 heteroatoms. The van der Waals surface area contributed by atoms with Crippen LogP contribution in [-0.4, -0.2) is 30.8 Å². The molecular weight excluding hydrogens is 420 g/mol. The highest BCUT2D eigenvalue weighted by Gasteiger charge is 2.45. The van der Waals surface area contributed by atoms with Crippen molar-refractivity contribution in [2.45, 2.75) is 19.5 Å². The van der Waals surface area contributed by atoms with Gasteiger partial charge in [0, 0.05) is 28.8 Å². The van der Waals surface area contributed by atoms with Gasteiger partial charge in [-0.05, 0) is 30.7 Å². The number of nitrogens with one attached hydrogen (secondary N) is 1. The fourth-order valence-corrected chi connectivity index (χ4v) is 3.99. The van der Waals surface area contributed by atoms with Crippen LogP contribution in [0.5, 0.6) is 11.5 Å². The first-order chi connectivity index (χ1) is 15.9. The van der Waals surface area contributed by atoms with E-state index in [0.29, 0.717) is 22.6 Å². The summed E-state index contributed by atoms with van der Waals surface area (Å²) < 4.78 is 10.8. The molecule has 1 unspecified atom stereocenters. The molecule has 1 amide bonds. The topological polar surface area (TPSA) is 93.0 Å². The summed E-state index contributed by atoms with van der Waals surface area (Å²) in [5.74, 6) is -1.03. The molecule has 1 fully saturated rings. The highest BCUT2D eigenvalue weighted by molar-refractivity contribution is 6.46. The molecule has 1 aliphatic heterocycles. The predicted octanol–water partition coefficient (Wildman–Crippen LogP) is 2.25. The van der Waals surface area contributed by atoms with Crippen LogP contribution >= 0.6 is 0 Å². The van der Waals surface area contributed by atoms with Crippen molar-refractivity contribution in [3.63, 3.8) is 0 Å². The number of nitrogens with zero attached hydrogens (tertiary/aromatic N) is 1. The SMILES string of the molecule is COc1ccc(C2/C(=C(\[O-])c3ccc(C)cc3)C(=O)C(=O)N2Cc2ccc[nH+]c2)c(OC)c1. The van der Waals surface area contributed by atoms with Gasteiger partial charge < -0.3 is 19.5 Å². The maximum absolute atomic E-state index is 13.5. The Balaban J connectivity index is 1.91. The van der Waals surface area contributed by atoms with E-state index < -0.39 is 23.5 Å². The molecule has 7 nitrogen and oxygen atoms in total. The number of methoxy groups -OCH3 is 2. The number of pyridine rings is 1. The summed E-state index contributed by atoms with van der Waals surface area (Å²) >= 11 is 0. The van der Waals surface area contributed by atoms with Crippen molar-refractivity contribution in [2.75, 3.05) is 14.2 Å². The van der Waals surface area contributed by atoms with E-state index >= 15 is 0 Å². The second-order valence-electron chi connectivity index (χ2n) is 7.79. The number of aryl methyl sites for hydroxylation is 1. The molecule has 3 aromatic rings. The summed E-state index contributed by atoms with van der Waals surface area (Å²) in [5, 5.41) is 13.5. The number of hydrogen-bond donors (Lipinski definition) is 0. The van der Waals surface area contributed by atoms with Gasteiger partial charge in [-0.1, -0.05) is 35.6 Å². The zero-order chi connectivity index (χ0) is 23.5. The zero-order valence-electron chi connectivity index (χ0n) is 18.6. The molecule has 0 spiro atoms. The molecule has 0 radical (unpaired) electrons. The van der Waals surface area contributed by atoms with Crippen LogP contribution in [0.1, 0.15) is 28.3 Å². The Hall–Kier alpha value is -4.13. The molecule has 2 aromatic carbocycles. The fourth-order valence-electron chi connectivity index (χ4n) is 3.99. The smallest absolute Gasteiger partial charge is 0.295 e. The van der Waals surface area contributed by atoms with Gasteiger partial charge in [-0.2, -0.15) is 0 Å². The monoisotopic (exact) mass is 444 g/mol. The summed E-state index contributed by atoms with van der Waals surface area (Å²) in [6, 6.07) is 14.8. The lowest BCUT2D eigenvalue weighted by atomic mass is 9.94. The first-order valence-corrected chi connectivity index (χ1v) is 10.4. The minimum atomic E-state index is -0.903. The Kier molecular flexibility index (Phi) is 6.13. The van der Waals surface area contributed by atoms with Gasteiger partial charge in [0.05, 0.1) is 26.8 Å². The number of aromatic nitrogens is 1. The van der Waals surface area contributed by atoms with Crippen LogP contribution in [0.4, 0.5) is 0 Å². The summed E-state index contributed by atoms with van der Waals surface area (Å²) in [4.78, 5) is 30.7. The van der Waals surface area contributed by atoms with E-state index in [1.165, 1.54) is 19.1 Å². The second kappa shape index (κ2) is 9.16. The van der Waals surface area contributed by atoms with E-state index in [2.05, 4.69) is 4.98 Å². The van der Waals surface area contributed by atoms with Crippen molar-refractivity contribution in [2.24, 2.45) is 0 Å². The molecule has 33 heavy (non-hydrogen) atoms. The molecule has 4 rings (SSSR count). The summed E-state index contributed by atoms with van der Waals surface area (Å²) in [6.45, 7) is 2.06. The maximum Gasteiger partial charge on any atom is 0.295 e. The van der Waals surface area contributed by atoms with E-state index in [-0.39, 0.29) is 12.1 Å². The fraction of sp³-hybridized carbons (Fsp3) is 0.192. The van der Waals surface area contributed by atoms with Crippen molar-refractivity contribution in [3.8, 4) is 11.5 Å². The molecule has 0 saturated carbocycles. The van der Waals surface area contributed by atoms with Crippen LogP contribution in [0.2, 0.25) is 0 Å². The van der Waals surface area contributed by atoms with Gasteiger partial charge in [-0.3, -0.25) is 9.59 Å². The minimum Gasteiger partial charge on any atom is -0.872 e. The molecule has 1 N–H and O–H groups in total. The van der Waals surface area contributed by atoms with Gasteiger partial charge in [0.2, 0.25) is 5.78 Å². The lowest BCUT2D eigenvalue weighted by Gasteiger charge is -2.28. The number of carbonyl (C=O) groups is 2. The second-order valence-corrected chi connectivity index (χ2v) is 7.79. The Bertz CT molecular complexity index is 1220. The highest BCUT2D eigenvalue weighted by Crippen LogP contribution is 2.43. The Labute approximate surface area is 191 Å². The first kappa shape index (κ1) is 22.1. The van der Waals surface area contributed by atoms with Crippen molar-refractivity contribution in [3.05, 3.63) is 94.8 Å². The van der Waals surface area contributed by atoms with E-state index in [1.807, 2.05) is 19.1 Å². The molecule has 168 valence electrons. The van der Waals surface area contributed by atoms with Crippen LogP contribution in [0, 0.1) is 6.92 Å². The van der Waals surface area contributed by atoms with Crippen molar-refractivity contribution in [1.29, 1.82) is 0 Å². The maximum atomic E-state index is 13.5. The average Bonchev–Trinajstić information content (AvgIpc) is 3.09. The van der Waals surface area contributed by atoms with Gasteiger partial charge in [0.15, 0.2) is 12.4 Å². The van der Waals surface area contributed by atoms with Gasteiger partial charge in [0.25, 0.3) is 5.91 Å². The van der Waals surface area contributed by atoms with E-state index in [1.54, 1.807) is 54.9 Å². The van der Waals surface area contributed by atoms with Gasteiger partial charge >= 0.3 is 0 Å². The quantitative estimate of drug-likeness (QED) is 0.330. The van der Waals surface area contributed by atoms with Crippen LogP contribution < -0.4 is 19.6 Å².